The van der Waals surface area contributed by atoms with Crippen molar-refractivity contribution in [2.45, 2.75) is 56.9 Å². The molecule has 0 bridgehead atoms. The first-order valence-corrected chi connectivity index (χ1v) is 13.3. The molecule has 0 unspecified atom stereocenters. The number of hydrogen-bond donors (Lipinski definition) is 1. The van der Waals surface area contributed by atoms with E-state index in [9.17, 15) is 13.2 Å². The number of thiophene rings is 1. The lowest BCUT2D eigenvalue weighted by Gasteiger charge is -2.31. The van der Waals surface area contributed by atoms with Gasteiger partial charge in [0.2, 0.25) is 27.6 Å². The SMILES string of the molecule is Cc1ccc(CNC(=O)[C@H]2CCCN(S(=O)(=O)c3cc(-c4noc(C5CC5)n4)sc3C)C2)o1. The Morgan fingerprint density at radius 1 is 1.27 bits per heavy atom. The Kier molecular flexibility index (Phi) is 5.87. The Morgan fingerprint density at radius 2 is 2.09 bits per heavy atom. The first-order valence-electron chi connectivity index (χ1n) is 11.1. The number of nitrogens with zero attached hydrogens (tertiary/aromatic N) is 3. The molecule has 1 aliphatic carbocycles. The zero-order valence-corrected chi connectivity index (χ0v) is 20.2. The number of carbonyl (C=O) groups is 1. The van der Waals surface area contributed by atoms with Crippen LogP contribution in [0.25, 0.3) is 10.7 Å². The van der Waals surface area contributed by atoms with Crippen molar-refractivity contribution in [1.29, 1.82) is 0 Å². The summed E-state index contributed by atoms with van der Waals surface area (Å²) in [4.78, 5) is 18.7. The van der Waals surface area contributed by atoms with Crippen molar-refractivity contribution in [3.05, 3.63) is 40.5 Å². The summed E-state index contributed by atoms with van der Waals surface area (Å²) in [5.41, 5.74) is 0. The van der Waals surface area contributed by atoms with Gasteiger partial charge in [0.25, 0.3) is 0 Å². The molecule has 33 heavy (non-hydrogen) atoms. The van der Waals surface area contributed by atoms with Crippen LogP contribution in [0.1, 0.15) is 53.9 Å². The zero-order chi connectivity index (χ0) is 23.2. The highest BCUT2D eigenvalue weighted by Gasteiger charge is 2.35. The maximum absolute atomic E-state index is 13.4. The van der Waals surface area contributed by atoms with Gasteiger partial charge in [-0.3, -0.25) is 4.79 Å². The normalized spacial score (nSPS) is 19.6. The molecule has 5 rings (SSSR count). The summed E-state index contributed by atoms with van der Waals surface area (Å²) < 4.78 is 39.1. The van der Waals surface area contributed by atoms with Gasteiger partial charge in [-0.1, -0.05) is 5.16 Å². The van der Waals surface area contributed by atoms with Crippen LogP contribution in [0.5, 0.6) is 0 Å². The first kappa shape index (κ1) is 22.3. The third-order valence-corrected chi connectivity index (χ3v) is 9.23. The number of rotatable bonds is 7. The molecule has 2 fully saturated rings. The predicted octanol–water partition coefficient (Wildman–Crippen LogP) is 3.60. The number of piperidine rings is 1. The number of nitrogens with one attached hydrogen (secondary N) is 1. The average Bonchev–Trinajstić information content (AvgIpc) is 3.18. The summed E-state index contributed by atoms with van der Waals surface area (Å²) in [6.07, 6.45) is 3.38. The van der Waals surface area contributed by atoms with Crippen LogP contribution in [0.2, 0.25) is 0 Å². The number of amides is 1. The number of aromatic nitrogens is 2. The molecule has 9 nitrogen and oxygen atoms in total. The molecular weight excluding hydrogens is 464 g/mol. The maximum Gasteiger partial charge on any atom is 0.244 e. The number of sulfonamides is 1. The Hall–Kier alpha value is -2.50. The molecule has 1 saturated heterocycles. The molecule has 4 heterocycles. The molecular formula is C22H26N4O5S2. The quantitative estimate of drug-likeness (QED) is 0.537. The highest BCUT2D eigenvalue weighted by atomic mass is 32.2. The molecule has 1 N–H and O–H groups in total. The van der Waals surface area contributed by atoms with E-state index in [0.717, 1.165) is 18.6 Å². The predicted molar refractivity (Wildman–Crippen MR) is 121 cm³/mol. The molecule has 1 atom stereocenters. The molecule has 3 aromatic rings. The first-order chi connectivity index (χ1) is 15.8. The van der Waals surface area contributed by atoms with E-state index in [1.165, 1.54) is 15.6 Å². The fourth-order valence-corrected chi connectivity index (χ4v) is 7.09. The van der Waals surface area contributed by atoms with Crippen molar-refractivity contribution in [1.82, 2.24) is 19.8 Å². The van der Waals surface area contributed by atoms with Crippen molar-refractivity contribution in [3.63, 3.8) is 0 Å². The van der Waals surface area contributed by atoms with E-state index < -0.39 is 15.9 Å². The van der Waals surface area contributed by atoms with Crippen LogP contribution in [0.3, 0.4) is 0 Å². The van der Waals surface area contributed by atoms with Gasteiger partial charge >= 0.3 is 0 Å². The van der Waals surface area contributed by atoms with Gasteiger partial charge in [-0.05, 0) is 57.7 Å². The lowest BCUT2D eigenvalue weighted by atomic mass is 9.99. The van der Waals surface area contributed by atoms with Gasteiger partial charge < -0.3 is 14.3 Å². The van der Waals surface area contributed by atoms with Crippen LogP contribution in [-0.4, -0.2) is 41.9 Å². The molecule has 0 spiro atoms. The topological polar surface area (TPSA) is 119 Å². The smallest absolute Gasteiger partial charge is 0.244 e. The van der Waals surface area contributed by atoms with Gasteiger partial charge in [-0.2, -0.15) is 9.29 Å². The number of aryl methyl sites for hydroxylation is 2. The summed E-state index contributed by atoms with van der Waals surface area (Å²) in [6.45, 7) is 4.46. The number of furan rings is 1. The van der Waals surface area contributed by atoms with Gasteiger partial charge in [-0.15, -0.1) is 11.3 Å². The van der Waals surface area contributed by atoms with Crippen LogP contribution < -0.4 is 5.32 Å². The molecule has 1 aliphatic heterocycles. The Morgan fingerprint density at radius 3 is 2.82 bits per heavy atom. The van der Waals surface area contributed by atoms with Crippen molar-refractivity contribution < 1.29 is 22.2 Å². The summed E-state index contributed by atoms with van der Waals surface area (Å²) in [5.74, 6) is 2.28. The molecule has 3 aromatic heterocycles. The third-order valence-electron chi connectivity index (χ3n) is 6.07. The average molecular weight is 491 g/mol. The minimum atomic E-state index is -3.75. The monoisotopic (exact) mass is 490 g/mol. The third kappa shape index (κ3) is 4.62. The lowest BCUT2D eigenvalue weighted by molar-refractivity contribution is -0.126. The molecule has 0 aromatic carbocycles. The van der Waals surface area contributed by atoms with Crippen molar-refractivity contribution in [3.8, 4) is 10.7 Å². The van der Waals surface area contributed by atoms with E-state index in [2.05, 4.69) is 15.5 Å². The molecule has 1 amide bonds. The van der Waals surface area contributed by atoms with E-state index in [-0.39, 0.29) is 23.9 Å². The lowest BCUT2D eigenvalue weighted by Crippen LogP contribution is -2.45. The molecule has 11 heteroatoms. The number of hydrogen-bond acceptors (Lipinski definition) is 8. The van der Waals surface area contributed by atoms with Gasteiger partial charge in [-0.25, -0.2) is 8.42 Å². The standard InChI is InChI=1S/C22H26N4O5S2/c1-13-5-8-17(30-13)11-23-21(27)16-4-3-9-26(12-16)33(28,29)19-10-18(32-14(19)2)20-24-22(31-25-20)15-6-7-15/h5,8,10,15-16H,3-4,6-7,9,11-12H2,1-2H3,(H,23,27)/t16-/m0/s1. The van der Waals surface area contributed by atoms with E-state index >= 15 is 0 Å². The van der Waals surface area contributed by atoms with E-state index in [0.29, 0.717) is 52.5 Å². The zero-order valence-electron chi connectivity index (χ0n) is 18.5. The van der Waals surface area contributed by atoms with Crippen LogP contribution in [0.15, 0.2) is 32.0 Å². The number of carbonyl (C=O) groups excluding carboxylic acids is 1. The van der Waals surface area contributed by atoms with Crippen LogP contribution >= 0.6 is 11.3 Å². The molecule has 176 valence electrons. The molecule has 2 aliphatic rings. The highest BCUT2D eigenvalue weighted by Crippen LogP contribution is 2.41. The molecule has 0 radical (unpaired) electrons. The minimum absolute atomic E-state index is 0.157. The summed E-state index contributed by atoms with van der Waals surface area (Å²) in [5, 5.41) is 6.90. The van der Waals surface area contributed by atoms with Gasteiger partial charge in [0.1, 0.15) is 11.5 Å². The van der Waals surface area contributed by atoms with Crippen molar-refractivity contribution >= 4 is 27.3 Å². The Labute approximate surface area is 196 Å². The van der Waals surface area contributed by atoms with E-state index in [4.69, 9.17) is 8.94 Å². The maximum atomic E-state index is 13.4. The van der Waals surface area contributed by atoms with Gasteiger partial charge in [0.15, 0.2) is 0 Å². The van der Waals surface area contributed by atoms with Crippen LogP contribution in [0, 0.1) is 19.8 Å². The second-order valence-electron chi connectivity index (χ2n) is 8.69. The Balaban J connectivity index is 1.28. The highest BCUT2D eigenvalue weighted by molar-refractivity contribution is 7.89. The summed E-state index contributed by atoms with van der Waals surface area (Å²) in [7, 11) is -3.75. The second-order valence-corrected chi connectivity index (χ2v) is 11.9. The van der Waals surface area contributed by atoms with Crippen molar-refractivity contribution in [2.75, 3.05) is 13.1 Å². The van der Waals surface area contributed by atoms with E-state index in [1.807, 2.05) is 19.1 Å². The van der Waals surface area contributed by atoms with Crippen LogP contribution in [0.4, 0.5) is 0 Å². The van der Waals surface area contributed by atoms with Gasteiger partial charge in [0, 0.05) is 23.9 Å². The summed E-state index contributed by atoms with van der Waals surface area (Å²) >= 11 is 1.34. The fraction of sp³-hybridized carbons (Fsp3) is 0.500. The minimum Gasteiger partial charge on any atom is -0.465 e. The summed E-state index contributed by atoms with van der Waals surface area (Å²) in [6, 6.07) is 5.29. The van der Waals surface area contributed by atoms with Gasteiger partial charge in [0.05, 0.1) is 22.2 Å². The second kappa shape index (κ2) is 8.69. The largest absolute Gasteiger partial charge is 0.465 e. The molecule has 1 saturated carbocycles. The van der Waals surface area contributed by atoms with Crippen molar-refractivity contribution in [2.24, 2.45) is 5.92 Å². The van der Waals surface area contributed by atoms with Crippen LogP contribution in [-0.2, 0) is 21.4 Å². The van der Waals surface area contributed by atoms with E-state index in [1.54, 1.807) is 13.0 Å². The Bertz CT molecular complexity index is 1270. The fourth-order valence-electron chi connectivity index (χ4n) is 4.08.